The summed E-state index contributed by atoms with van der Waals surface area (Å²) in [5.74, 6) is 0. The molecule has 82 heavy (non-hydrogen) atoms. The fraction of sp³-hybridized carbons (Fsp3) is 0.173. The summed E-state index contributed by atoms with van der Waals surface area (Å²) in [7, 11) is -6.45. The molecule has 12 aromatic rings. The summed E-state index contributed by atoms with van der Waals surface area (Å²) < 4.78 is 2.58. The molecule has 7 heteroatoms. The van der Waals surface area contributed by atoms with Crippen LogP contribution in [0.2, 0.25) is 78.6 Å². The van der Waals surface area contributed by atoms with Crippen LogP contribution in [0.25, 0.3) is 60.2 Å². The van der Waals surface area contributed by atoms with E-state index in [0.717, 1.165) is 22.7 Å². The average Bonchev–Trinajstić information content (AvgIpc) is 2.53. The highest BCUT2D eigenvalue weighted by molar-refractivity contribution is 6.90. The molecule has 3 nitrogen and oxygen atoms in total. The monoisotopic (exact) mass is 1130 g/mol. The highest BCUT2D eigenvalue weighted by Crippen LogP contribution is 2.65. The Balaban J connectivity index is 1.15. The van der Waals surface area contributed by atoms with Gasteiger partial charge >= 0.3 is 0 Å². The number of fused-ring (bicyclic) bond motifs is 16. The van der Waals surface area contributed by atoms with Gasteiger partial charge in [-0.05, 0) is 117 Å². The van der Waals surface area contributed by atoms with Gasteiger partial charge in [0.05, 0.1) is 65.8 Å². The van der Waals surface area contributed by atoms with Crippen LogP contribution in [-0.2, 0) is 5.41 Å². The van der Waals surface area contributed by atoms with E-state index in [1.54, 1.807) is 0 Å². The van der Waals surface area contributed by atoms with Crippen molar-refractivity contribution in [2.24, 2.45) is 0 Å². The van der Waals surface area contributed by atoms with Gasteiger partial charge < -0.3 is 14.4 Å². The smallest absolute Gasteiger partial charge is 0.0775 e. The van der Waals surface area contributed by atoms with Crippen LogP contribution in [-0.4, -0.2) is 36.9 Å². The van der Waals surface area contributed by atoms with Gasteiger partial charge in [0.1, 0.15) is 0 Å². The molecule has 0 radical (unpaired) electrons. The second-order valence-corrected chi connectivity index (χ2v) is 47.7. The van der Waals surface area contributed by atoms with Gasteiger partial charge in [0.25, 0.3) is 0 Å². The van der Waals surface area contributed by atoms with Crippen LogP contribution in [0.5, 0.6) is 0 Å². The van der Waals surface area contributed by atoms with Gasteiger partial charge in [0.2, 0.25) is 0 Å². The predicted molar refractivity (Wildman–Crippen MR) is 368 cm³/mol. The molecule has 11 aromatic carbocycles. The fourth-order valence-electron chi connectivity index (χ4n) is 13.9. The van der Waals surface area contributed by atoms with Crippen LogP contribution in [0.3, 0.4) is 0 Å². The summed E-state index contributed by atoms with van der Waals surface area (Å²) in [6.45, 7) is 29.4. The van der Waals surface area contributed by atoms with E-state index in [9.17, 15) is 0 Å². The Hall–Kier alpha value is -7.79. The van der Waals surface area contributed by atoms with E-state index in [-0.39, 0.29) is 0 Å². The van der Waals surface area contributed by atoms with Crippen molar-refractivity contribution in [3.63, 3.8) is 0 Å². The summed E-state index contributed by atoms with van der Waals surface area (Å²) >= 11 is 0. The minimum atomic E-state index is -1.61. The van der Waals surface area contributed by atoms with Crippen LogP contribution in [0.4, 0.5) is 34.1 Å². The summed E-state index contributed by atoms with van der Waals surface area (Å²) in [6, 6.07) is 87.9. The molecule has 404 valence electrons. The van der Waals surface area contributed by atoms with E-state index in [1.165, 1.54) is 115 Å². The van der Waals surface area contributed by atoms with Crippen molar-refractivity contribution in [2.75, 3.05) is 9.80 Å². The fourth-order valence-corrected chi connectivity index (χ4v) is 18.6. The van der Waals surface area contributed by atoms with E-state index in [2.05, 4.69) is 317 Å². The van der Waals surface area contributed by atoms with Gasteiger partial charge in [0.15, 0.2) is 0 Å². The normalized spacial score (nSPS) is 13.7. The molecule has 1 aliphatic carbocycles. The zero-order valence-electron chi connectivity index (χ0n) is 49.7. The Morgan fingerprint density at radius 1 is 0.293 bits per heavy atom. The number of anilines is 6. The third-order valence-corrected chi connectivity index (χ3v) is 26.5. The lowest BCUT2D eigenvalue weighted by atomic mass is 9.65. The van der Waals surface area contributed by atoms with Gasteiger partial charge in [-0.15, -0.1) is 0 Å². The molecule has 1 aliphatic heterocycles. The second-order valence-electron chi connectivity index (χ2n) is 27.4. The molecule has 2 aliphatic rings. The third kappa shape index (κ3) is 7.98. The first-order valence-corrected chi connectivity index (χ1v) is 43.5. The van der Waals surface area contributed by atoms with Crippen LogP contribution in [0.1, 0.15) is 22.3 Å². The molecule has 0 amide bonds. The second kappa shape index (κ2) is 18.6. The standard InChI is InChI=1S/C75H73N3Si4/c1-79(2,3)54-40-32-50(33-41-54)76(51-34-42-55(43-35-51)80(4,5)6)70-48-66-72(61-25-15-13-22-58(61)70)73-62-26-16-14-23-59(62)71(77(52-36-44-56(45-37-52)81(7,8)9)53-38-46-57(47-39-53)82(10,11)12)49-67(73)75(66)64-28-18-20-31-69(64)78-68-30-19-17-24-60(68)63-27-21-29-65(75)74(63)78/h13-49H,1-12H3. The van der Waals surface area contributed by atoms with E-state index in [4.69, 9.17) is 0 Å². The maximum atomic E-state index is 2.64. The number of aromatic nitrogens is 1. The Bertz CT molecular complexity index is 4200. The lowest BCUT2D eigenvalue weighted by Crippen LogP contribution is -2.37. The number of hydrogen-bond donors (Lipinski definition) is 0. The van der Waals surface area contributed by atoms with E-state index in [1.807, 2.05) is 0 Å². The number of para-hydroxylation sites is 3. The van der Waals surface area contributed by atoms with Gasteiger partial charge in [-0.1, -0.05) is 251 Å². The Morgan fingerprint density at radius 3 is 1.02 bits per heavy atom. The molecular formula is C75H73N3Si4. The molecule has 0 unspecified atom stereocenters. The summed E-state index contributed by atoms with van der Waals surface area (Å²) in [4.78, 5) is 5.15. The zero-order valence-corrected chi connectivity index (χ0v) is 53.7. The number of benzene rings is 11. The summed E-state index contributed by atoms with van der Waals surface area (Å²) in [6.07, 6.45) is 0. The molecule has 0 saturated carbocycles. The molecule has 0 N–H and O–H groups in total. The van der Waals surface area contributed by atoms with Gasteiger partial charge in [0, 0.05) is 44.3 Å². The van der Waals surface area contributed by atoms with Gasteiger partial charge in [-0.3, -0.25) is 0 Å². The van der Waals surface area contributed by atoms with Crippen LogP contribution in [0, 0.1) is 0 Å². The Morgan fingerprint density at radius 2 is 0.622 bits per heavy atom. The third-order valence-electron chi connectivity index (χ3n) is 18.2. The van der Waals surface area contributed by atoms with Crippen molar-refractivity contribution >= 4 is 131 Å². The number of rotatable bonds is 10. The predicted octanol–water partition coefficient (Wildman–Crippen LogP) is 18.9. The van der Waals surface area contributed by atoms with Crippen LogP contribution in [0.15, 0.2) is 224 Å². The maximum Gasteiger partial charge on any atom is 0.0775 e. The lowest BCUT2D eigenvalue weighted by molar-refractivity contribution is 0.749. The van der Waals surface area contributed by atoms with Crippen molar-refractivity contribution in [2.45, 2.75) is 84.0 Å². The first-order chi connectivity index (χ1) is 39.2. The maximum absolute atomic E-state index is 2.64. The topological polar surface area (TPSA) is 11.4 Å². The largest absolute Gasteiger partial charge is 0.310 e. The van der Waals surface area contributed by atoms with Crippen LogP contribution < -0.4 is 30.5 Å². The molecule has 0 saturated heterocycles. The minimum Gasteiger partial charge on any atom is -0.310 e. The van der Waals surface area contributed by atoms with Crippen molar-refractivity contribution < 1.29 is 0 Å². The Kier molecular flexibility index (Phi) is 11.9. The van der Waals surface area contributed by atoms with E-state index in [0.29, 0.717) is 0 Å². The zero-order chi connectivity index (χ0) is 56.8. The lowest BCUT2D eigenvalue weighted by Gasteiger charge is -2.40. The number of hydrogen-bond acceptors (Lipinski definition) is 2. The molecule has 0 fully saturated rings. The van der Waals surface area contributed by atoms with E-state index < -0.39 is 37.7 Å². The molecule has 0 atom stereocenters. The van der Waals surface area contributed by atoms with Crippen molar-refractivity contribution in [3.8, 4) is 16.8 Å². The van der Waals surface area contributed by atoms with Gasteiger partial charge in [-0.2, -0.15) is 0 Å². The highest BCUT2D eigenvalue weighted by atomic mass is 28.3. The molecule has 2 heterocycles. The summed E-state index contributed by atoms with van der Waals surface area (Å²) in [5.41, 5.74) is 17.8. The SMILES string of the molecule is C[Si](C)(C)c1ccc(N(c2ccc([Si](C)(C)C)cc2)c2cc3c(c4ccccc24)-c2c(cc(N(c4ccc([Si](C)(C)C)cc4)c4ccc([Si](C)(C)C)cc4)c4ccccc24)C32c3ccccc3-n3c4ccccc4c4cccc2c43)cc1. The van der Waals surface area contributed by atoms with Gasteiger partial charge in [-0.25, -0.2) is 0 Å². The van der Waals surface area contributed by atoms with Crippen molar-refractivity contribution in [1.82, 2.24) is 4.57 Å². The van der Waals surface area contributed by atoms with Crippen molar-refractivity contribution in [1.29, 1.82) is 0 Å². The Labute approximate surface area is 489 Å². The summed E-state index contributed by atoms with van der Waals surface area (Å²) in [5, 5.41) is 13.3. The number of nitrogens with zero attached hydrogens (tertiary/aromatic N) is 3. The van der Waals surface area contributed by atoms with Crippen LogP contribution >= 0.6 is 0 Å². The van der Waals surface area contributed by atoms with Crippen molar-refractivity contribution in [3.05, 3.63) is 247 Å². The highest BCUT2D eigenvalue weighted by Gasteiger charge is 2.53. The minimum absolute atomic E-state index is 0.771. The quantitative estimate of drug-likeness (QED) is 0.126. The average molecular weight is 1130 g/mol. The first kappa shape index (κ1) is 52.3. The molecule has 1 spiro atoms. The van der Waals surface area contributed by atoms with E-state index >= 15 is 0 Å². The molecular weight excluding hydrogens is 1060 g/mol. The molecule has 1 aromatic heterocycles. The molecule has 14 rings (SSSR count). The molecule has 0 bridgehead atoms. The first-order valence-electron chi connectivity index (χ1n) is 29.5.